The Morgan fingerprint density at radius 3 is 2.46 bits per heavy atom. The molecule has 3 heteroatoms. The van der Waals surface area contributed by atoms with Crippen LogP contribution in [-0.2, 0) is 6.42 Å². The first kappa shape index (κ1) is 10.5. The summed E-state index contributed by atoms with van der Waals surface area (Å²) < 4.78 is 25.2. The van der Waals surface area contributed by atoms with Crippen molar-refractivity contribution in [3.05, 3.63) is 35.4 Å². The summed E-state index contributed by atoms with van der Waals surface area (Å²) in [5, 5.41) is 0. The zero-order valence-corrected chi connectivity index (χ0v) is 8.16. The van der Waals surface area contributed by atoms with E-state index in [0.29, 0.717) is 0 Å². The molecule has 1 rings (SSSR count). The minimum atomic E-state index is -0.780. The molecule has 0 N–H and O–H groups in total. The van der Waals surface area contributed by atoms with E-state index in [0.717, 1.165) is 30.6 Å². The second kappa shape index (κ2) is 5.22. The summed E-state index contributed by atoms with van der Waals surface area (Å²) in [6, 6.07) is 4.05. The van der Waals surface area contributed by atoms with Gasteiger partial charge in [-0.15, -0.1) is 0 Å². The van der Waals surface area contributed by atoms with Crippen molar-refractivity contribution in [1.29, 1.82) is 0 Å². The van der Waals surface area contributed by atoms with Gasteiger partial charge in [-0.2, -0.15) is 12.6 Å². The third kappa shape index (κ3) is 3.35. The smallest absolute Gasteiger partial charge is 0.159 e. The van der Waals surface area contributed by atoms with Crippen molar-refractivity contribution in [2.24, 2.45) is 0 Å². The lowest BCUT2D eigenvalue weighted by Crippen LogP contribution is -1.90. The van der Waals surface area contributed by atoms with E-state index in [1.54, 1.807) is 6.07 Å². The van der Waals surface area contributed by atoms with Gasteiger partial charge in [0.25, 0.3) is 0 Å². The topological polar surface area (TPSA) is 0 Å². The molecule has 0 saturated heterocycles. The van der Waals surface area contributed by atoms with E-state index in [2.05, 4.69) is 12.6 Å². The highest BCUT2D eigenvalue weighted by atomic mass is 32.1. The van der Waals surface area contributed by atoms with Gasteiger partial charge in [-0.25, -0.2) is 8.78 Å². The molecule has 1 aromatic carbocycles. The summed E-state index contributed by atoms with van der Waals surface area (Å²) in [7, 11) is 0. The van der Waals surface area contributed by atoms with Crippen molar-refractivity contribution < 1.29 is 8.78 Å². The summed E-state index contributed by atoms with van der Waals surface area (Å²) in [5.74, 6) is -0.703. The first-order valence-corrected chi connectivity index (χ1v) is 4.92. The second-order valence-corrected chi connectivity index (χ2v) is 3.38. The number of benzene rings is 1. The van der Waals surface area contributed by atoms with Crippen LogP contribution in [0.4, 0.5) is 8.78 Å². The van der Waals surface area contributed by atoms with Crippen LogP contribution in [0.1, 0.15) is 18.4 Å². The fourth-order valence-electron chi connectivity index (χ4n) is 1.14. The van der Waals surface area contributed by atoms with Gasteiger partial charge < -0.3 is 0 Å². The average molecular weight is 202 g/mol. The third-order valence-electron chi connectivity index (χ3n) is 1.86. The summed E-state index contributed by atoms with van der Waals surface area (Å²) >= 11 is 4.07. The lowest BCUT2D eigenvalue weighted by Gasteiger charge is -2.00. The van der Waals surface area contributed by atoms with Crippen molar-refractivity contribution in [2.75, 3.05) is 5.75 Å². The molecule has 0 radical (unpaired) electrons. The standard InChI is InChI=1S/C10H12F2S/c11-9-5-4-8(7-10(9)12)3-1-2-6-13/h4-5,7,13H,1-3,6H2. The highest BCUT2D eigenvalue weighted by Gasteiger charge is 2.01. The molecular weight excluding hydrogens is 190 g/mol. The van der Waals surface area contributed by atoms with Gasteiger partial charge in [-0.1, -0.05) is 6.07 Å². The quantitative estimate of drug-likeness (QED) is 0.562. The summed E-state index contributed by atoms with van der Waals surface area (Å²) in [5.41, 5.74) is 0.848. The molecule has 0 aliphatic rings. The number of hydrogen-bond donors (Lipinski definition) is 1. The van der Waals surface area contributed by atoms with Crippen molar-refractivity contribution >= 4 is 12.6 Å². The van der Waals surface area contributed by atoms with Crippen LogP contribution in [0.5, 0.6) is 0 Å². The number of unbranched alkanes of at least 4 members (excludes halogenated alkanes) is 1. The van der Waals surface area contributed by atoms with E-state index in [-0.39, 0.29) is 0 Å². The van der Waals surface area contributed by atoms with Crippen LogP contribution in [0, 0.1) is 11.6 Å². The van der Waals surface area contributed by atoms with Crippen molar-refractivity contribution in [3.8, 4) is 0 Å². The molecule has 1 aromatic rings. The van der Waals surface area contributed by atoms with E-state index in [1.807, 2.05) is 0 Å². The van der Waals surface area contributed by atoms with E-state index < -0.39 is 11.6 Å². The lowest BCUT2D eigenvalue weighted by molar-refractivity contribution is 0.506. The maximum atomic E-state index is 12.7. The maximum Gasteiger partial charge on any atom is 0.159 e. The Morgan fingerprint density at radius 1 is 1.08 bits per heavy atom. The zero-order valence-electron chi connectivity index (χ0n) is 7.26. The molecule has 0 aromatic heterocycles. The average Bonchev–Trinajstić information content (AvgIpc) is 2.12. The van der Waals surface area contributed by atoms with Crippen LogP contribution in [-0.4, -0.2) is 5.75 Å². The Bertz CT molecular complexity index is 274. The van der Waals surface area contributed by atoms with E-state index in [9.17, 15) is 8.78 Å². The molecule has 0 bridgehead atoms. The molecule has 0 fully saturated rings. The Morgan fingerprint density at radius 2 is 1.85 bits per heavy atom. The van der Waals surface area contributed by atoms with Crippen molar-refractivity contribution in [3.63, 3.8) is 0 Å². The molecule has 0 aliphatic heterocycles. The zero-order chi connectivity index (χ0) is 9.68. The normalized spacial score (nSPS) is 10.4. The SMILES string of the molecule is Fc1ccc(CCCCS)cc1F. The van der Waals surface area contributed by atoms with Crippen LogP contribution in [0.15, 0.2) is 18.2 Å². The van der Waals surface area contributed by atoms with Gasteiger partial charge in [0.15, 0.2) is 11.6 Å². The van der Waals surface area contributed by atoms with Crippen LogP contribution in [0.25, 0.3) is 0 Å². The number of aryl methyl sites for hydroxylation is 1. The molecule has 0 heterocycles. The van der Waals surface area contributed by atoms with Crippen LogP contribution in [0.2, 0.25) is 0 Å². The van der Waals surface area contributed by atoms with Crippen molar-refractivity contribution in [2.45, 2.75) is 19.3 Å². The first-order valence-electron chi connectivity index (χ1n) is 4.29. The Hall–Kier alpha value is -0.570. The van der Waals surface area contributed by atoms with E-state index in [1.165, 1.54) is 12.1 Å². The third-order valence-corrected chi connectivity index (χ3v) is 2.17. The van der Waals surface area contributed by atoms with Gasteiger partial charge >= 0.3 is 0 Å². The molecular formula is C10H12F2S. The second-order valence-electron chi connectivity index (χ2n) is 2.93. The van der Waals surface area contributed by atoms with Gasteiger partial charge in [-0.3, -0.25) is 0 Å². The van der Waals surface area contributed by atoms with Gasteiger partial charge in [0.1, 0.15) is 0 Å². The Kier molecular flexibility index (Phi) is 4.22. The highest BCUT2D eigenvalue weighted by Crippen LogP contribution is 2.11. The van der Waals surface area contributed by atoms with Gasteiger partial charge in [-0.05, 0) is 42.7 Å². The van der Waals surface area contributed by atoms with Crippen LogP contribution < -0.4 is 0 Å². The Labute approximate surface area is 82.4 Å². The molecule has 0 atom stereocenters. The van der Waals surface area contributed by atoms with Gasteiger partial charge in [0.05, 0.1) is 0 Å². The maximum absolute atomic E-state index is 12.7. The summed E-state index contributed by atoms with van der Waals surface area (Å²) in [4.78, 5) is 0. The minimum Gasteiger partial charge on any atom is -0.204 e. The Balaban J connectivity index is 2.53. The number of thiol groups is 1. The van der Waals surface area contributed by atoms with Gasteiger partial charge in [0, 0.05) is 0 Å². The molecule has 0 unspecified atom stereocenters. The molecule has 0 nitrogen and oxygen atoms in total. The fraction of sp³-hybridized carbons (Fsp3) is 0.400. The molecule has 0 amide bonds. The minimum absolute atomic E-state index is 0.761. The molecule has 0 saturated carbocycles. The lowest BCUT2D eigenvalue weighted by atomic mass is 10.1. The van der Waals surface area contributed by atoms with Crippen LogP contribution in [0.3, 0.4) is 0 Å². The largest absolute Gasteiger partial charge is 0.204 e. The fourth-order valence-corrected chi connectivity index (χ4v) is 1.36. The molecule has 0 spiro atoms. The van der Waals surface area contributed by atoms with Gasteiger partial charge in [0.2, 0.25) is 0 Å². The predicted molar refractivity (Wildman–Crippen MR) is 53.1 cm³/mol. The van der Waals surface area contributed by atoms with Crippen LogP contribution >= 0.6 is 12.6 Å². The predicted octanol–water partition coefficient (Wildman–Crippen LogP) is 3.22. The van der Waals surface area contributed by atoms with E-state index in [4.69, 9.17) is 0 Å². The van der Waals surface area contributed by atoms with E-state index >= 15 is 0 Å². The summed E-state index contributed by atoms with van der Waals surface area (Å²) in [6.07, 6.45) is 2.76. The monoisotopic (exact) mass is 202 g/mol. The number of hydrogen-bond acceptors (Lipinski definition) is 1. The summed E-state index contributed by atoms with van der Waals surface area (Å²) in [6.45, 7) is 0. The van der Waals surface area contributed by atoms with Crippen molar-refractivity contribution in [1.82, 2.24) is 0 Å². The molecule has 72 valence electrons. The molecule has 13 heavy (non-hydrogen) atoms. The first-order chi connectivity index (χ1) is 6.24. The highest BCUT2D eigenvalue weighted by molar-refractivity contribution is 7.80. The molecule has 0 aliphatic carbocycles. The number of rotatable bonds is 4. The number of halogens is 2.